The predicted octanol–water partition coefficient (Wildman–Crippen LogP) is 5.48. The van der Waals surface area contributed by atoms with Gasteiger partial charge in [0.15, 0.2) is 5.58 Å². The molecule has 30 heavy (non-hydrogen) atoms. The maximum atomic E-state index is 13.4. The van der Waals surface area contributed by atoms with E-state index in [4.69, 9.17) is 20.8 Å². The Morgan fingerprint density at radius 2 is 1.97 bits per heavy atom. The number of fused-ring (bicyclic) bond motifs is 2. The fraction of sp³-hybridized carbons (Fsp3) is 0.167. The van der Waals surface area contributed by atoms with E-state index in [9.17, 15) is 4.79 Å². The van der Waals surface area contributed by atoms with Gasteiger partial charge in [-0.15, -0.1) is 0 Å². The molecule has 5 rings (SSSR count). The molecule has 1 aliphatic heterocycles. The lowest BCUT2D eigenvalue weighted by Gasteiger charge is -2.20. The summed E-state index contributed by atoms with van der Waals surface area (Å²) in [5, 5.41) is 0.703. The Balaban J connectivity index is 1.50. The van der Waals surface area contributed by atoms with Gasteiger partial charge in [-0.05, 0) is 53.6 Å². The number of para-hydroxylation sites is 2. The minimum absolute atomic E-state index is 0.126. The molecular formula is C24H19ClN2O3. The summed E-state index contributed by atoms with van der Waals surface area (Å²) in [6.45, 7) is 1.22. The van der Waals surface area contributed by atoms with Crippen molar-refractivity contribution in [1.82, 2.24) is 4.98 Å². The molecule has 4 aromatic rings. The van der Waals surface area contributed by atoms with Crippen LogP contribution in [0.2, 0.25) is 5.02 Å². The summed E-state index contributed by atoms with van der Waals surface area (Å²) in [5.74, 6) is 0.357. The van der Waals surface area contributed by atoms with Crippen LogP contribution in [0.1, 0.15) is 27.7 Å². The first kappa shape index (κ1) is 18.7. The van der Waals surface area contributed by atoms with Crippen molar-refractivity contribution >= 4 is 34.2 Å². The number of methoxy groups -OCH3 is 1. The van der Waals surface area contributed by atoms with Crippen LogP contribution in [0.25, 0.3) is 11.1 Å². The molecular weight excluding hydrogens is 400 g/mol. The van der Waals surface area contributed by atoms with Gasteiger partial charge in [-0.1, -0.05) is 35.9 Å². The van der Waals surface area contributed by atoms with Crippen LogP contribution in [0.5, 0.6) is 5.75 Å². The van der Waals surface area contributed by atoms with Crippen molar-refractivity contribution in [2.24, 2.45) is 0 Å². The van der Waals surface area contributed by atoms with Gasteiger partial charge in [0.25, 0.3) is 5.89 Å². The van der Waals surface area contributed by atoms with E-state index in [1.165, 1.54) is 0 Å². The van der Waals surface area contributed by atoms with Gasteiger partial charge in [-0.3, -0.25) is 4.79 Å². The number of nitrogens with zero attached hydrogens (tertiary/aromatic N) is 2. The molecule has 5 nitrogen and oxygen atoms in total. The van der Waals surface area contributed by atoms with Gasteiger partial charge >= 0.3 is 0 Å². The van der Waals surface area contributed by atoms with Crippen molar-refractivity contribution in [2.45, 2.75) is 12.5 Å². The van der Waals surface area contributed by atoms with E-state index in [-0.39, 0.29) is 17.6 Å². The SMILES string of the molecule is COc1ccc2c(c1)C(C(=O)c1nc3ccccc3o1)CN2Cc1ccc(Cl)cc1. The summed E-state index contributed by atoms with van der Waals surface area (Å²) in [5.41, 5.74) is 4.36. The second-order valence-corrected chi connectivity index (χ2v) is 7.77. The third kappa shape index (κ3) is 3.31. The molecule has 2 heterocycles. The van der Waals surface area contributed by atoms with E-state index in [0.29, 0.717) is 29.2 Å². The Morgan fingerprint density at radius 1 is 1.17 bits per heavy atom. The smallest absolute Gasteiger partial charge is 0.265 e. The van der Waals surface area contributed by atoms with Crippen molar-refractivity contribution < 1.29 is 13.9 Å². The first-order valence-corrected chi connectivity index (χ1v) is 10.1. The Morgan fingerprint density at radius 3 is 2.73 bits per heavy atom. The molecule has 1 atom stereocenters. The molecule has 0 aliphatic carbocycles. The molecule has 150 valence electrons. The minimum Gasteiger partial charge on any atom is -0.497 e. The number of oxazole rings is 1. The van der Waals surface area contributed by atoms with Gasteiger partial charge in [-0.2, -0.15) is 0 Å². The number of aromatic nitrogens is 1. The Kier molecular flexibility index (Phi) is 4.68. The number of rotatable bonds is 5. The summed E-state index contributed by atoms with van der Waals surface area (Å²) in [7, 11) is 1.62. The van der Waals surface area contributed by atoms with Gasteiger partial charge < -0.3 is 14.1 Å². The third-order valence-corrected chi connectivity index (χ3v) is 5.71. The average Bonchev–Trinajstić information content (AvgIpc) is 3.36. The standard InChI is InChI=1S/C24H19ClN2O3/c1-29-17-10-11-21-18(12-17)19(14-27(21)13-15-6-8-16(25)9-7-15)23(28)24-26-20-4-2-3-5-22(20)30-24/h2-12,19H,13-14H2,1H3. The highest BCUT2D eigenvalue weighted by Gasteiger charge is 2.36. The van der Waals surface area contributed by atoms with Crippen LogP contribution in [0.4, 0.5) is 5.69 Å². The molecule has 1 unspecified atom stereocenters. The van der Waals surface area contributed by atoms with E-state index in [0.717, 1.165) is 22.6 Å². The number of hydrogen-bond donors (Lipinski definition) is 0. The van der Waals surface area contributed by atoms with Crippen LogP contribution >= 0.6 is 11.6 Å². The molecule has 0 radical (unpaired) electrons. The van der Waals surface area contributed by atoms with E-state index in [1.807, 2.05) is 66.7 Å². The number of anilines is 1. The molecule has 0 bridgehead atoms. The number of Topliss-reactive ketones (excluding diaryl/α,β-unsaturated/α-hetero) is 1. The lowest BCUT2D eigenvalue weighted by Crippen LogP contribution is -2.24. The van der Waals surface area contributed by atoms with Crippen LogP contribution in [-0.2, 0) is 6.54 Å². The van der Waals surface area contributed by atoms with Gasteiger partial charge in [-0.25, -0.2) is 4.98 Å². The molecule has 1 aromatic heterocycles. The van der Waals surface area contributed by atoms with E-state index in [1.54, 1.807) is 7.11 Å². The molecule has 1 aliphatic rings. The minimum atomic E-state index is -0.379. The number of halogens is 1. The zero-order chi connectivity index (χ0) is 20.7. The topological polar surface area (TPSA) is 55.6 Å². The zero-order valence-electron chi connectivity index (χ0n) is 16.3. The van der Waals surface area contributed by atoms with Crippen molar-refractivity contribution in [3.63, 3.8) is 0 Å². The molecule has 0 fully saturated rings. The summed E-state index contributed by atoms with van der Waals surface area (Å²) < 4.78 is 11.2. The van der Waals surface area contributed by atoms with Gasteiger partial charge in [0, 0.05) is 23.8 Å². The number of hydrogen-bond acceptors (Lipinski definition) is 5. The highest BCUT2D eigenvalue weighted by molar-refractivity contribution is 6.30. The summed E-state index contributed by atoms with van der Waals surface area (Å²) >= 11 is 6.02. The lowest BCUT2D eigenvalue weighted by atomic mass is 9.96. The number of carbonyl (C=O) groups excluding carboxylic acids is 1. The first-order valence-electron chi connectivity index (χ1n) is 9.69. The van der Waals surface area contributed by atoms with Crippen molar-refractivity contribution in [1.29, 1.82) is 0 Å². The van der Waals surface area contributed by atoms with Crippen LogP contribution in [0, 0.1) is 0 Å². The van der Waals surface area contributed by atoms with E-state index >= 15 is 0 Å². The third-order valence-electron chi connectivity index (χ3n) is 5.46. The highest BCUT2D eigenvalue weighted by atomic mass is 35.5. The Bertz CT molecular complexity index is 1200. The monoisotopic (exact) mass is 418 g/mol. The van der Waals surface area contributed by atoms with Crippen LogP contribution in [0.3, 0.4) is 0 Å². The average molecular weight is 419 g/mol. The fourth-order valence-corrected chi connectivity index (χ4v) is 4.08. The largest absolute Gasteiger partial charge is 0.497 e. The van der Waals surface area contributed by atoms with Crippen LogP contribution in [0.15, 0.2) is 71.1 Å². The quantitative estimate of drug-likeness (QED) is 0.402. The van der Waals surface area contributed by atoms with Crippen molar-refractivity contribution in [2.75, 3.05) is 18.6 Å². The van der Waals surface area contributed by atoms with Crippen molar-refractivity contribution in [3.05, 3.63) is 88.8 Å². The maximum Gasteiger partial charge on any atom is 0.265 e. The van der Waals surface area contributed by atoms with Crippen molar-refractivity contribution in [3.8, 4) is 5.75 Å². The van der Waals surface area contributed by atoms with Gasteiger partial charge in [0.2, 0.25) is 5.78 Å². The summed E-state index contributed by atoms with van der Waals surface area (Å²) in [6, 6.07) is 21.0. The summed E-state index contributed by atoms with van der Waals surface area (Å²) in [4.78, 5) is 20.0. The number of benzene rings is 3. The number of ether oxygens (including phenoxy) is 1. The molecule has 0 saturated carbocycles. The molecule has 3 aromatic carbocycles. The molecule has 6 heteroatoms. The zero-order valence-corrected chi connectivity index (χ0v) is 17.1. The van der Waals surface area contributed by atoms with E-state index < -0.39 is 0 Å². The Hall–Kier alpha value is -3.31. The predicted molar refractivity (Wildman–Crippen MR) is 117 cm³/mol. The van der Waals surface area contributed by atoms with Crippen LogP contribution < -0.4 is 9.64 Å². The molecule has 0 saturated heterocycles. The fourth-order valence-electron chi connectivity index (χ4n) is 3.95. The van der Waals surface area contributed by atoms with Crippen LogP contribution in [-0.4, -0.2) is 24.4 Å². The number of ketones is 1. The second-order valence-electron chi connectivity index (χ2n) is 7.34. The lowest BCUT2D eigenvalue weighted by molar-refractivity contribution is 0.0933. The van der Waals surface area contributed by atoms with Gasteiger partial charge in [0.1, 0.15) is 11.3 Å². The first-order chi connectivity index (χ1) is 14.6. The number of carbonyl (C=O) groups is 1. The normalized spacial score (nSPS) is 15.4. The molecule has 0 amide bonds. The maximum absolute atomic E-state index is 13.4. The van der Waals surface area contributed by atoms with E-state index in [2.05, 4.69) is 9.88 Å². The second kappa shape index (κ2) is 7.50. The molecule has 0 spiro atoms. The highest BCUT2D eigenvalue weighted by Crippen LogP contribution is 2.41. The summed E-state index contributed by atoms with van der Waals surface area (Å²) in [6.07, 6.45) is 0. The van der Waals surface area contributed by atoms with Gasteiger partial charge in [0.05, 0.1) is 13.0 Å². The molecule has 0 N–H and O–H groups in total. The Labute approximate surface area is 178 Å².